The minimum absolute atomic E-state index is 0.208. The number of pyridine rings is 1. The van der Waals surface area contributed by atoms with E-state index in [0.29, 0.717) is 30.8 Å². The van der Waals surface area contributed by atoms with Gasteiger partial charge >= 0.3 is 12.7 Å². The molecule has 0 bridgehead atoms. The second-order valence-electron chi connectivity index (χ2n) is 7.54. The van der Waals surface area contributed by atoms with Crippen molar-refractivity contribution in [3.8, 4) is 5.88 Å². The van der Waals surface area contributed by atoms with Crippen molar-refractivity contribution in [1.82, 2.24) is 9.88 Å². The molecule has 0 N–H and O–H groups in total. The van der Waals surface area contributed by atoms with E-state index in [1.54, 1.807) is 25.7 Å². The van der Waals surface area contributed by atoms with Gasteiger partial charge in [0.1, 0.15) is 5.60 Å². The molecule has 0 aromatic carbocycles. The van der Waals surface area contributed by atoms with Crippen molar-refractivity contribution in [2.45, 2.75) is 62.6 Å². The fourth-order valence-electron chi connectivity index (χ4n) is 2.81. The molecule has 152 valence electrons. The second-order valence-corrected chi connectivity index (χ2v) is 9.01. The third kappa shape index (κ3) is 6.79. The lowest BCUT2D eigenvalue weighted by molar-refractivity contribution is -0.0529. The van der Waals surface area contributed by atoms with E-state index < -0.39 is 17.2 Å². The molecular formula is C18H25F3N2O3S. The van der Waals surface area contributed by atoms with E-state index in [1.165, 1.54) is 25.3 Å². The summed E-state index contributed by atoms with van der Waals surface area (Å²) in [6, 6.07) is 2.79. The highest BCUT2D eigenvalue weighted by molar-refractivity contribution is 8.00. The Kier molecular flexibility index (Phi) is 6.88. The molecule has 1 aliphatic rings. The number of alkyl halides is 3. The summed E-state index contributed by atoms with van der Waals surface area (Å²) in [6.45, 7) is 4.82. The summed E-state index contributed by atoms with van der Waals surface area (Å²) in [5.41, 5.74) is -0.564. The minimum Gasteiger partial charge on any atom is -0.444 e. The lowest BCUT2D eigenvalue weighted by Crippen LogP contribution is -2.44. The Morgan fingerprint density at radius 2 is 1.89 bits per heavy atom. The summed E-state index contributed by atoms with van der Waals surface area (Å²) in [4.78, 5) is 18.0. The second kappa shape index (κ2) is 8.58. The SMILES string of the molecule is CC(C)(C)OC(=O)N1CCC(C(C)(F)Sc2ccc(OC(F)F)nc2)CC1. The van der Waals surface area contributed by atoms with Crippen molar-refractivity contribution in [2.75, 3.05) is 13.1 Å². The Morgan fingerprint density at radius 1 is 1.26 bits per heavy atom. The average molecular weight is 406 g/mol. The Bertz CT molecular complexity index is 628. The van der Waals surface area contributed by atoms with Crippen LogP contribution in [0.2, 0.25) is 0 Å². The topological polar surface area (TPSA) is 51.7 Å². The van der Waals surface area contributed by atoms with Gasteiger partial charge in [-0.25, -0.2) is 14.2 Å². The van der Waals surface area contributed by atoms with Crippen LogP contribution in [0.15, 0.2) is 23.2 Å². The first-order chi connectivity index (χ1) is 12.5. The number of rotatable bonds is 5. The zero-order chi connectivity index (χ0) is 20.2. The number of aromatic nitrogens is 1. The summed E-state index contributed by atoms with van der Waals surface area (Å²) >= 11 is 0.993. The predicted octanol–water partition coefficient (Wildman–Crippen LogP) is 5.11. The van der Waals surface area contributed by atoms with Crippen molar-refractivity contribution in [1.29, 1.82) is 0 Å². The molecule has 9 heteroatoms. The van der Waals surface area contributed by atoms with Crippen LogP contribution in [0.25, 0.3) is 0 Å². The molecule has 5 nitrogen and oxygen atoms in total. The van der Waals surface area contributed by atoms with Gasteiger partial charge in [-0.1, -0.05) is 11.8 Å². The van der Waals surface area contributed by atoms with Crippen LogP contribution in [-0.4, -0.2) is 46.3 Å². The van der Waals surface area contributed by atoms with Gasteiger partial charge in [0.15, 0.2) is 5.00 Å². The highest BCUT2D eigenvalue weighted by atomic mass is 32.2. The lowest BCUT2D eigenvalue weighted by Gasteiger charge is -2.38. The van der Waals surface area contributed by atoms with Crippen LogP contribution in [0.5, 0.6) is 5.88 Å². The van der Waals surface area contributed by atoms with Crippen LogP contribution in [-0.2, 0) is 4.74 Å². The normalized spacial score (nSPS) is 18.3. The van der Waals surface area contributed by atoms with Gasteiger partial charge in [-0.15, -0.1) is 0 Å². The molecule has 2 heterocycles. The largest absolute Gasteiger partial charge is 0.444 e. The van der Waals surface area contributed by atoms with Gasteiger partial charge in [-0.3, -0.25) is 0 Å². The van der Waals surface area contributed by atoms with Crippen LogP contribution in [0.4, 0.5) is 18.0 Å². The lowest BCUT2D eigenvalue weighted by atomic mass is 9.92. The van der Waals surface area contributed by atoms with Crippen molar-refractivity contribution >= 4 is 17.9 Å². The maximum absolute atomic E-state index is 15.2. The maximum atomic E-state index is 15.2. The smallest absolute Gasteiger partial charge is 0.410 e. The Labute approximate surface area is 161 Å². The van der Waals surface area contributed by atoms with E-state index in [2.05, 4.69) is 9.72 Å². The number of carbonyl (C=O) groups excluding carboxylic acids is 1. The number of carbonyl (C=O) groups is 1. The fraction of sp³-hybridized carbons (Fsp3) is 0.667. The summed E-state index contributed by atoms with van der Waals surface area (Å²) in [7, 11) is 0. The molecule has 0 radical (unpaired) electrons. The van der Waals surface area contributed by atoms with Crippen molar-refractivity contribution < 1.29 is 27.4 Å². The standard InChI is InChI=1S/C18H25F3N2O3S/c1-17(2,3)26-16(24)23-9-7-12(8-10-23)18(4,21)27-13-5-6-14(22-11-13)25-15(19)20/h5-6,11-12,15H,7-10H2,1-4H3. The molecule has 1 aromatic rings. The van der Waals surface area contributed by atoms with Gasteiger partial charge < -0.3 is 14.4 Å². The number of likely N-dealkylation sites (tertiary alicyclic amines) is 1. The molecule has 1 atom stereocenters. The third-order valence-electron chi connectivity index (χ3n) is 4.11. The quantitative estimate of drug-likeness (QED) is 0.636. The van der Waals surface area contributed by atoms with Crippen LogP contribution in [0.3, 0.4) is 0 Å². The van der Waals surface area contributed by atoms with E-state index >= 15 is 4.39 Å². The molecule has 0 aliphatic carbocycles. The number of hydrogen-bond donors (Lipinski definition) is 0. The number of piperidine rings is 1. The predicted molar refractivity (Wildman–Crippen MR) is 96.8 cm³/mol. The number of halogens is 3. The molecule has 1 aromatic heterocycles. The molecule has 2 rings (SSSR count). The number of amides is 1. The zero-order valence-electron chi connectivity index (χ0n) is 15.9. The molecule has 1 aliphatic heterocycles. The van der Waals surface area contributed by atoms with E-state index in [4.69, 9.17) is 4.74 Å². The van der Waals surface area contributed by atoms with Crippen molar-refractivity contribution in [3.63, 3.8) is 0 Å². The van der Waals surface area contributed by atoms with Gasteiger partial charge in [0.25, 0.3) is 0 Å². The van der Waals surface area contributed by atoms with Gasteiger partial charge in [-0.2, -0.15) is 8.78 Å². The van der Waals surface area contributed by atoms with E-state index in [-0.39, 0.29) is 17.9 Å². The van der Waals surface area contributed by atoms with Crippen LogP contribution in [0, 0.1) is 5.92 Å². The fourth-order valence-corrected chi connectivity index (χ4v) is 3.91. The Balaban J connectivity index is 1.89. The molecule has 27 heavy (non-hydrogen) atoms. The van der Waals surface area contributed by atoms with E-state index in [1.807, 2.05) is 0 Å². The van der Waals surface area contributed by atoms with Gasteiger partial charge in [0.2, 0.25) is 5.88 Å². The van der Waals surface area contributed by atoms with Gasteiger partial charge in [-0.05, 0) is 46.6 Å². The van der Waals surface area contributed by atoms with Crippen LogP contribution in [0.1, 0.15) is 40.5 Å². The van der Waals surface area contributed by atoms with Crippen LogP contribution < -0.4 is 4.74 Å². The maximum Gasteiger partial charge on any atom is 0.410 e. The molecule has 0 spiro atoms. The first-order valence-corrected chi connectivity index (χ1v) is 9.54. The number of thioether (sulfide) groups is 1. The number of ether oxygens (including phenoxy) is 2. The summed E-state index contributed by atoms with van der Waals surface area (Å²) < 4.78 is 49.1. The average Bonchev–Trinajstić information content (AvgIpc) is 2.54. The molecule has 1 fully saturated rings. The Morgan fingerprint density at radius 3 is 2.37 bits per heavy atom. The summed E-state index contributed by atoms with van der Waals surface area (Å²) in [6.07, 6.45) is 1.96. The van der Waals surface area contributed by atoms with Gasteiger partial charge in [0, 0.05) is 36.2 Å². The van der Waals surface area contributed by atoms with Crippen LogP contribution >= 0.6 is 11.8 Å². The molecule has 1 unspecified atom stereocenters. The third-order valence-corrected chi connectivity index (χ3v) is 5.32. The zero-order valence-corrected chi connectivity index (χ0v) is 16.7. The summed E-state index contributed by atoms with van der Waals surface area (Å²) in [5, 5.41) is -1.58. The van der Waals surface area contributed by atoms with Crippen molar-refractivity contribution in [2.24, 2.45) is 5.92 Å². The molecular weight excluding hydrogens is 381 g/mol. The Hall–Kier alpha value is -1.64. The van der Waals surface area contributed by atoms with Crippen molar-refractivity contribution in [3.05, 3.63) is 18.3 Å². The van der Waals surface area contributed by atoms with E-state index in [0.717, 1.165) is 11.8 Å². The summed E-state index contributed by atoms with van der Waals surface area (Å²) in [5.74, 6) is -0.459. The van der Waals surface area contributed by atoms with Gasteiger partial charge in [0.05, 0.1) is 0 Å². The number of nitrogens with zero attached hydrogens (tertiary/aromatic N) is 2. The first kappa shape index (κ1) is 21.7. The minimum atomic E-state index is -2.95. The molecule has 1 saturated heterocycles. The molecule has 1 amide bonds. The monoisotopic (exact) mass is 406 g/mol. The van der Waals surface area contributed by atoms with E-state index in [9.17, 15) is 13.6 Å². The number of hydrogen-bond acceptors (Lipinski definition) is 5. The highest BCUT2D eigenvalue weighted by Gasteiger charge is 2.39. The first-order valence-electron chi connectivity index (χ1n) is 8.73. The molecule has 0 saturated carbocycles. The highest BCUT2D eigenvalue weighted by Crippen LogP contribution is 2.44.